The number of anilines is 1. The highest BCUT2D eigenvalue weighted by atomic mass is 16.4. The maximum Gasteiger partial charge on any atom is 0.320 e. The number of carboxylic acid groups (broad SMARTS) is 1. The van der Waals surface area contributed by atoms with Gasteiger partial charge in [0.1, 0.15) is 12.4 Å². The van der Waals surface area contributed by atoms with Gasteiger partial charge in [0.15, 0.2) is 0 Å². The fraction of sp³-hybridized carbons (Fsp3) is 0.625. The van der Waals surface area contributed by atoms with Gasteiger partial charge in [-0.1, -0.05) is 0 Å². The summed E-state index contributed by atoms with van der Waals surface area (Å²) < 4.78 is 1.62. The lowest BCUT2D eigenvalue weighted by Crippen LogP contribution is -2.35. The fourth-order valence-corrected chi connectivity index (χ4v) is 1.19. The summed E-state index contributed by atoms with van der Waals surface area (Å²) in [6, 6.07) is -0.833. The van der Waals surface area contributed by atoms with E-state index in [0.29, 0.717) is 18.9 Å². The molecule has 1 aromatic heterocycles. The molecule has 3 N–H and O–H groups in total. The summed E-state index contributed by atoms with van der Waals surface area (Å²) in [6.07, 6.45) is 1.82. The first-order valence-electron chi connectivity index (χ1n) is 4.56. The van der Waals surface area contributed by atoms with E-state index in [1.165, 1.54) is 6.33 Å². The van der Waals surface area contributed by atoms with Crippen LogP contribution in [0, 0.1) is 0 Å². The number of nitrogens with zero attached hydrogens (tertiary/aromatic N) is 4. The predicted molar refractivity (Wildman–Crippen MR) is 54.5 cm³/mol. The number of hydrogen-bond acceptors (Lipinski definition) is 5. The van der Waals surface area contributed by atoms with Crippen LogP contribution >= 0.6 is 0 Å². The van der Waals surface area contributed by atoms with Crippen molar-refractivity contribution < 1.29 is 9.90 Å². The molecule has 0 aliphatic heterocycles. The van der Waals surface area contributed by atoms with Crippen LogP contribution in [0.2, 0.25) is 0 Å². The molecule has 1 atom stereocenters. The Morgan fingerprint density at radius 2 is 2.47 bits per heavy atom. The molecule has 0 aliphatic rings. The molecule has 0 saturated heterocycles. The molecule has 0 aliphatic carbocycles. The van der Waals surface area contributed by atoms with Crippen molar-refractivity contribution in [1.29, 1.82) is 0 Å². The largest absolute Gasteiger partial charge is 0.480 e. The summed E-state index contributed by atoms with van der Waals surface area (Å²) >= 11 is 0. The monoisotopic (exact) mass is 213 g/mol. The molecule has 0 saturated carbocycles. The fourth-order valence-electron chi connectivity index (χ4n) is 1.19. The van der Waals surface area contributed by atoms with Gasteiger partial charge in [-0.2, -0.15) is 10.1 Å². The van der Waals surface area contributed by atoms with Crippen LogP contribution in [-0.2, 0) is 11.8 Å². The third-order valence-corrected chi connectivity index (χ3v) is 2.12. The van der Waals surface area contributed by atoms with E-state index in [9.17, 15) is 4.79 Å². The standard InChI is InChI=1S/C8H15N5O2/c1-12(4-3-6(9)7(14)15)8-10-5-11-13(8)2/h5-6H,3-4,9H2,1-2H3,(H,14,15). The Hall–Kier alpha value is -1.63. The number of hydrogen-bond donors (Lipinski definition) is 2. The van der Waals surface area contributed by atoms with Crippen LogP contribution < -0.4 is 10.6 Å². The zero-order valence-electron chi connectivity index (χ0n) is 8.79. The molecule has 7 nitrogen and oxygen atoms in total. The van der Waals surface area contributed by atoms with Gasteiger partial charge in [0.25, 0.3) is 0 Å². The molecule has 1 aromatic rings. The van der Waals surface area contributed by atoms with Crippen molar-refractivity contribution in [3.05, 3.63) is 6.33 Å². The summed E-state index contributed by atoms with van der Waals surface area (Å²) in [5.41, 5.74) is 5.39. The zero-order valence-corrected chi connectivity index (χ0v) is 8.79. The quantitative estimate of drug-likeness (QED) is 0.654. The number of nitrogens with two attached hydrogens (primary N) is 1. The van der Waals surface area contributed by atoms with Gasteiger partial charge in [-0.3, -0.25) is 4.79 Å². The molecule has 0 aromatic carbocycles. The van der Waals surface area contributed by atoms with Crippen LogP contribution in [0.25, 0.3) is 0 Å². The van der Waals surface area contributed by atoms with Gasteiger partial charge in [-0.25, -0.2) is 4.68 Å². The van der Waals surface area contributed by atoms with Crippen LogP contribution in [0.1, 0.15) is 6.42 Å². The molecule has 0 amide bonds. The molecular formula is C8H15N5O2. The first kappa shape index (κ1) is 11.4. The van der Waals surface area contributed by atoms with Crippen LogP contribution in [0.3, 0.4) is 0 Å². The van der Waals surface area contributed by atoms with E-state index in [1.54, 1.807) is 11.7 Å². The topological polar surface area (TPSA) is 97.3 Å². The van der Waals surface area contributed by atoms with Crippen LogP contribution in [0.4, 0.5) is 5.95 Å². The van der Waals surface area contributed by atoms with E-state index in [4.69, 9.17) is 10.8 Å². The third kappa shape index (κ3) is 2.91. The lowest BCUT2D eigenvalue weighted by molar-refractivity contribution is -0.138. The third-order valence-electron chi connectivity index (χ3n) is 2.12. The smallest absolute Gasteiger partial charge is 0.320 e. The van der Waals surface area contributed by atoms with Crippen molar-refractivity contribution in [2.45, 2.75) is 12.5 Å². The van der Waals surface area contributed by atoms with Crippen molar-refractivity contribution in [1.82, 2.24) is 14.8 Å². The van der Waals surface area contributed by atoms with E-state index in [2.05, 4.69) is 10.1 Å². The first-order valence-corrected chi connectivity index (χ1v) is 4.56. The SMILES string of the molecule is CN(CCC(N)C(=O)O)c1ncnn1C. The Morgan fingerprint density at radius 1 is 1.80 bits per heavy atom. The molecule has 84 valence electrons. The van der Waals surface area contributed by atoms with Gasteiger partial charge < -0.3 is 15.7 Å². The number of carboxylic acids is 1. The molecular weight excluding hydrogens is 198 g/mol. The minimum absolute atomic E-state index is 0.374. The molecule has 0 spiro atoms. The lowest BCUT2D eigenvalue weighted by atomic mass is 10.2. The number of carbonyl (C=O) groups is 1. The Morgan fingerprint density at radius 3 is 2.93 bits per heavy atom. The molecule has 0 bridgehead atoms. The minimum Gasteiger partial charge on any atom is -0.480 e. The predicted octanol–water partition coefficient (Wildman–Crippen LogP) is -0.947. The summed E-state index contributed by atoms with van der Waals surface area (Å²) in [5.74, 6) is -0.297. The van der Waals surface area contributed by atoms with Gasteiger partial charge in [0.05, 0.1) is 0 Å². The lowest BCUT2D eigenvalue weighted by Gasteiger charge is -2.18. The van der Waals surface area contributed by atoms with E-state index in [1.807, 2.05) is 11.9 Å². The van der Waals surface area contributed by atoms with Crippen molar-refractivity contribution in [2.24, 2.45) is 12.8 Å². The maximum atomic E-state index is 10.5. The molecule has 1 unspecified atom stereocenters. The number of aryl methyl sites for hydroxylation is 1. The van der Waals surface area contributed by atoms with Gasteiger partial charge in [-0.15, -0.1) is 0 Å². The second-order valence-corrected chi connectivity index (χ2v) is 3.34. The van der Waals surface area contributed by atoms with Crippen LogP contribution in [0.5, 0.6) is 0 Å². The molecule has 15 heavy (non-hydrogen) atoms. The summed E-state index contributed by atoms with van der Waals surface area (Å²) in [4.78, 5) is 16.3. The van der Waals surface area contributed by atoms with E-state index < -0.39 is 12.0 Å². The number of rotatable bonds is 5. The van der Waals surface area contributed by atoms with Crippen molar-refractivity contribution in [3.63, 3.8) is 0 Å². The Labute approximate surface area is 87.5 Å². The molecule has 0 fully saturated rings. The van der Waals surface area contributed by atoms with E-state index in [-0.39, 0.29) is 0 Å². The van der Waals surface area contributed by atoms with Crippen LogP contribution in [-0.4, -0.2) is 45.5 Å². The van der Waals surface area contributed by atoms with E-state index >= 15 is 0 Å². The Balaban J connectivity index is 2.47. The highest BCUT2D eigenvalue weighted by Crippen LogP contribution is 2.05. The van der Waals surface area contributed by atoms with E-state index in [0.717, 1.165) is 0 Å². The number of aromatic nitrogens is 3. The molecule has 0 radical (unpaired) electrons. The number of aliphatic carboxylic acids is 1. The van der Waals surface area contributed by atoms with Crippen LogP contribution in [0.15, 0.2) is 6.33 Å². The minimum atomic E-state index is -0.985. The van der Waals surface area contributed by atoms with Crippen molar-refractivity contribution in [2.75, 3.05) is 18.5 Å². The van der Waals surface area contributed by atoms with Gasteiger partial charge >= 0.3 is 5.97 Å². The average molecular weight is 213 g/mol. The normalized spacial score (nSPS) is 12.5. The second-order valence-electron chi connectivity index (χ2n) is 3.34. The molecule has 7 heteroatoms. The molecule has 1 rings (SSSR count). The van der Waals surface area contributed by atoms with Crippen molar-refractivity contribution in [3.8, 4) is 0 Å². The first-order chi connectivity index (χ1) is 7.02. The maximum absolute atomic E-state index is 10.5. The van der Waals surface area contributed by atoms with Gasteiger partial charge in [0.2, 0.25) is 5.95 Å². The second kappa shape index (κ2) is 4.74. The van der Waals surface area contributed by atoms with Gasteiger partial charge in [0, 0.05) is 20.6 Å². The highest BCUT2D eigenvalue weighted by Gasteiger charge is 2.13. The Bertz CT molecular complexity index is 338. The van der Waals surface area contributed by atoms with Gasteiger partial charge in [-0.05, 0) is 6.42 Å². The summed E-state index contributed by atoms with van der Waals surface area (Å²) in [7, 11) is 3.59. The molecule has 1 heterocycles. The zero-order chi connectivity index (χ0) is 11.4. The Kier molecular flexibility index (Phi) is 3.62. The summed E-state index contributed by atoms with van der Waals surface area (Å²) in [6.45, 7) is 0.528. The average Bonchev–Trinajstić information content (AvgIpc) is 2.60. The van der Waals surface area contributed by atoms with Crippen molar-refractivity contribution >= 4 is 11.9 Å². The highest BCUT2D eigenvalue weighted by molar-refractivity contribution is 5.73. The summed E-state index contributed by atoms with van der Waals surface area (Å²) in [5, 5.41) is 12.5.